The van der Waals surface area contributed by atoms with Crippen LogP contribution < -0.4 is 9.88 Å². The van der Waals surface area contributed by atoms with E-state index in [1.807, 2.05) is 13.8 Å². The molecule has 0 saturated carbocycles. The van der Waals surface area contributed by atoms with Gasteiger partial charge in [-0.05, 0) is 13.8 Å². The Hall–Kier alpha value is -1.69. The molecule has 2 rings (SSSR count). The van der Waals surface area contributed by atoms with E-state index in [4.69, 9.17) is 4.74 Å². The molecule has 1 fully saturated rings. The lowest BCUT2D eigenvalue weighted by Crippen LogP contribution is -2.47. The van der Waals surface area contributed by atoms with Crippen molar-refractivity contribution in [3.63, 3.8) is 0 Å². The molecule has 1 N–H and O–H groups in total. The van der Waals surface area contributed by atoms with Gasteiger partial charge >= 0.3 is 5.69 Å². The number of rotatable bonds is 2. The predicted octanol–water partition coefficient (Wildman–Crippen LogP) is 1.02. The maximum atomic E-state index is 10.5. The van der Waals surface area contributed by atoms with Gasteiger partial charge in [-0.25, -0.2) is 4.98 Å². The van der Waals surface area contributed by atoms with Gasteiger partial charge in [0, 0.05) is 12.1 Å². The second-order valence-electron chi connectivity index (χ2n) is 4.35. The van der Waals surface area contributed by atoms with Crippen LogP contribution in [-0.2, 0) is 4.74 Å². The molecule has 0 radical (unpaired) electrons. The molecule has 0 spiro atoms. The van der Waals surface area contributed by atoms with Crippen LogP contribution in [0.4, 0.5) is 11.5 Å². The van der Waals surface area contributed by atoms with Crippen LogP contribution in [0.2, 0.25) is 0 Å². The second kappa shape index (κ2) is 4.67. The summed E-state index contributed by atoms with van der Waals surface area (Å²) in [6, 6.07) is 3.25. The number of hydrogen-bond donors (Lipinski definition) is 0. The van der Waals surface area contributed by atoms with E-state index >= 15 is 0 Å². The minimum atomic E-state index is -0.412. The Labute approximate surface area is 99.4 Å². The van der Waals surface area contributed by atoms with E-state index < -0.39 is 4.92 Å². The fourth-order valence-corrected chi connectivity index (χ4v) is 2.09. The number of aromatic amines is 1. The van der Waals surface area contributed by atoms with E-state index in [9.17, 15) is 10.1 Å². The van der Waals surface area contributed by atoms with Crippen LogP contribution in [0.1, 0.15) is 13.8 Å². The van der Waals surface area contributed by atoms with Gasteiger partial charge in [0.25, 0.3) is 5.82 Å². The van der Waals surface area contributed by atoms with Crippen LogP contribution in [0, 0.1) is 10.1 Å². The molecule has 0 unspecified atom stereocenters. The summed E-state index contributed by atoms with van der Waals surface area (Å²) in [5.74, 6) is 0.887. The van der Waals surface area contributed by atoms with Crippen molar-refractivity contribution >= 4 is 11.5 Å². The zero-order valence-corrected chi connectivity index (χ0v) is 9.92. The predicted molar refractivity (Wildman–Crippen MR) is 61.9 cm³/mol. The summed E-state index contributed by atoms with van der Waals surface area (Å²) in [6.45, 7) is 5.62. The van der Waals surface area contributed by atoms with Crippen LogP contribution in [0.25, 0.3) is 0 Å². The highest BCUT2D eigenvalue weighted by Gasteiger charge is 2.28. The van der Waals surface area contributed by atoms with Crippen LogP contribution in [-0.4, -0.2) is 30.2 Å². The lowest BCUT2D eigenvalue weighted by molar-refractivity contribution is -0.414. The van der Waals surface area contributed by atoms with E-state index in [0.29, 0.717) is 0 Å². The maximum absolute atomic E-state index is 10.5. The molecule has 0 aliphatic carbocycles. The largest absolute Gasteiger partial charge is 0.367 e. The standard InChI is InChI=1S/C11H15N3O3/c1-8-6-13(7-9(2)17-8)11-4-3-10(5-12-11)14(15)16/h3-5,8-9H,6-7H2,1-2H3/p+1/t8-,9-/m0/s1. The number of anilines is 1. The highest BCUT2D eigenvalue weighted by molar-refractivity contribution is 5.37. The van der Waals surface area contributed by atoms with Crippen molar-refractivity contribution in [1.82, 2.24) is 0 Å². The quantitative estimate of drug-likeness (QED) is 0.570. The van der Waals surface area contributed by atoms with Crippen molar-refractivity contribution in [3.05, 3.63) is 28.4 Å². The van der Waals surface area contributed by atoms with E-state index in [1.54, 1.807) is 6.07 Å². The van der Waals surface area contributed by atoms with Gasteiger partial charge in [0.2, 0.25) is 0 Å². The van der Waals surface area contributed by atoms with Gasteiger partial charge in [-0.15, -0.1) is 0 Å². The fraction of sp³-hybridized carbons (Fsp3) is 0.545. The van der Waals surface area contributed by atoms with Crippen molar-refractivity contribution in [2.75, 3.05) is 18.0 Å². The summed E-state index contributed by atoms with van der Waals surface area (Å²) in [7, 11) is 0. The first-order valence-electron chi connectivity index (χ1n) is 5.63. The Morgan fingerprint density at radius 1 is 1.41 bits per heavy atom. The third-order valence-corrected chi connectivity index (χ3v) is 2.75. The van der Waals surface area contributed by atoms with E-state index in [1.165, 1.54) is 12.3 Å². The molecule has 1 aliphatic heterocycles. The summed E-state index contributed by atoms with van der Waals surface area (Å²) in [5.41, 5.74) is 0.0723. The smallest absolute Gasteiger partial charge is 0.308 e. The van der Waals surface area contributed by atoms with Crippen molar-refractivity contribution in [2.45, 2.75) is 26.1 Å². The number of nitro groups is 1. The molecule has 2 heterocycles. The topological polar surface area (TPSA) is 69.8 Å². The van der Waals surface area contributed by atoms with E-state index in [-0.39, 0.29) is 17.9 Å². The molecule has 92 valence electrons. The molecule has 6 nitrogen and oxygen atoms in total. The number of nitrogens with zero attached hydrogens (tertiary/aromatic N) is 2. The molecular weight excluding hydrogens is 222 g/mol. The summed E-state index contributed by atoms with van der Waals surface area (Å²) in [4.78, 5) is 15.2. The van der Waals surface area contributed by atoms with Gasteiger partial charge in [-0.1, -0.05) is 0 Å². The third-order valence-electron chi connectivity index (χ3n) is 2.75. The van der Waals surface area contributed by atoms with Gasteiger partial charge < -0.3 is 4.74 Å². The first-order chi connectivity index (χ1) is 8.06. The van der Waals surface area contributed by atoms with E-state index in [0.717, 1.165) is 18.9 Å². The summed E-state index contributed by atoms with van der Waals surface area (Å²) in [5, 5.41) is 10.5. The molecule has 17 heavy (non-hydrogen) atoms. The van der Waals surface area contributed by atoms with Crippen LogP contribution in [0.3, 0.4) is 0 Å². The highest BCUT2D eigenvalue weighted by atomic mass is 16.6. The molecule has 0 amide bonds. The van der Waals surface area contributed by atoms with Crippen LogP contribution >= 0.6 is 0 Å². The lowest BCUT2D eigenvalue weighted by atomic mass is 10.2. The van der Waals surface area contributed by atoms with Crippen molar-refractivity contribution < 1.29 is 14.6 Å². The number of nitrogens with one attached hydrogen (secondary N) is 1. The van der Waals surface area contributed by atoms with Crippen molar-refractivity contribution in [1.29, 1.82) is 0 Å². The minimum Gasteiger partial charge on any atom is -0.367 e. The summed E-state index contributed by atoms with van der Waals surface area (Å²) >= 11 is 0. The van der Waals surface area contributed by atoms with Crippen LogP contribution in [0.15, 0.2) is 18.3 Å². The number of aromatic nitrogens is 1. The lowest BCUT2D eigenvalue weighted by Gasteiger charge is -2.30. The molecule has 0 aromatic carbocycles. The molecule has 1 aromatic heterocycles. The Kier molecular flexibility index (Phi) is 3.23. The normalized spacial score (nSPS) is 24.7. The molecule has 1 saturated heterocycles. The first-order valence-corrected chi connectivity index (χ1v) is 5.63. The van der Waals surface area contributed by atoms with Gasteiger partial charge in [0.1, 0.15) is 13.1 Å². The first kappa shape index (κ1) is 11.8. The second-order valence-corrected chi connectivity index (χ2v) is 4.35. The monoisotopic (exact) mass is 238 g/mol. The number of ether oxygens (including phenoxy) is 1. The third kappa shape index (κ3) is 2.71. The van der Waals surface area contributed by atoms with Gasteiger partial charge in [0.05, 0.1) is 17.1 Å². The Balaban J connectivity index is 2.14. The zero-order valence-electron chi connectivity index (χ0n) is 9.92. The summed E-state index contributed by atoms with van der Waals surface area (Å²) in [6.07, 6.45) is 1.75. The Morgan fingerprint density at radius 2 is 2.06 bits per heavy atom. The average molecular weight is 238 g/mol. The van der Waals surface area contributed by atoms with Gasteiger partial charge in [-0.2, -0.15) is 0 Å². The highest BCUT2D eigenvalue weighted by Crippen LogP contribution is 2.17. The van der Waals surface area contributed by atoms with E-state index in [2.05, 4.69) is 9.88 Å². The molecule has 1 aromatic rings. The van der Waals surface area contributed by atoms with Gasteiger partial charge in [-0.3, -0.25) is 15.0 Å². The SMILES string of the molecule is C[C@H]1CN(c2ccc([N+](=O)[O-])c[nH+]2)C[C@H](C)O1. The van der Waals surface area contributed by atoms with Crippen LogP contribution in [0.5, 0.6) is 0 Å². The molecule has 2 atom stereocenters. The zero-order chi connectivity index (χ0) is 12.4. The minimum absolute atomic E-state index is 0.0723. The number of H-pyrrole nitrogens is 1. The Morgan fingerprint density at radius 3 is 2.53 bits per heavy atom. The molecule has 0 bridgehead atoms. The number of hydrogen-bond acceptors (Lipinski definition) is 4. The number of pyridine rings is 1. The average Bonchev–Trinajstić information content (AvgIpc) is 2.28. The van der Waals surface area contributed by atoms with Crippen molar-refractivity contribution in [2.24, 2.45) is 0 Å². The number of morpholine rings is 1. The summed E-state index contributed by atoms with van der Waals surface area (Å²) < 4.78 is 5.64. The molecular formula is C11H16N3O3+. The Bertz CT molecular complexity index is 397. The van der Waals surface area contributed by atoms with Gasteiger partial charge in [0.15, 0.2) is 6.20 Å². The van der Waals surface area contributed by atoms with Crippen molar-refractivity contribution in [3.8, 4) is 0 Å². The fourth-order valence-electron chi connectivity index (χ4n) is 2.09. The molecule has 1 aliphatic rings. The molecule has 6 heteroatoms. The maximum Gasteiger partial charge on any atom is 0.308 e.